The summed E-state index contributed by atoms with van der Waals surface area (Å²) in [7, 11) is 2.07. The van der Waals surface area contributed by atoms with Crippen molar-refractivity contribution in [2.45, 2.75) is 0 Å². The zero-order valence-corrected chi connectivity index (χ0v) is 9.05. The van der Waals surface area contributed by atoms with Crippen LogP contribution in [0.4, 0.5) is 0 Å². The van der Waals surface area contributed by atoms with Crippen molar-refractivity contribution in [3.05, 3.63) is 17.2 Å². The summed E-state index contributed by atoms with van der Waals surface area (Å²) in [6.07, 6.45) is 0. The van der Waals surface area contributed by atoms with Gasteiger partial charge < -0.3 is 24.8 Å². The standard InChI is InChI=1S/C10H10O7/c1-16-9(14)6-4(11)3-5(12)7(8(6)13)10(15)17-2/h3,11-13H,1-2H3. The third-order valence-corrected chi connectivity index (χ3v) is 2.04. The molecule has 0 atom stereocenters. The van der Waals surface area contributed by atoms with Crippen LogP contribution in [0.25, 0.3) is 0 Å². The number of hydrogen-bond acceptors (Lipinski definition) is 7. The fraction of sp³-hybridized carbons (Fsp3) is 0.200. The van der Waals surface area contributed by atoms with E-state index in [9.17, 15) is 24.9 Å². The topological polar surface area (TPSA) is 113 Å². The van der Waals surface area contributed by atoms with Gasteiger partial charge in [-0.05, 0) is 0 Å². The first kappa shape index (κ1) is 12.6. The van der Waals surface area contributed by atoms with Crippen molar-refractivity contribution < 1.29 is 34.4 Å². The van der Waals surface area contributed by atoms with Crippen molar-refractivity contribution in [1.29, 1.82) is 0 Å². The van der Waals surface area contributed by atoms with Gasteiger partial charge in [-0.25, -0.2) is 9.59 Å². The molecule has 0 fully saturated rings. The van der Waals surface area contributed by atoms with E-state index in [0.717, 1.165) is 20.3 Å². The average molecular weight is 242 g/mol. The summed E-state index contributed by atoms with van der Waals surface area (Å²) >= 11 is 0. The molecular formula is C10H10O7. The summed E-state index contributed by atoms with van der Waals surface area (Å²) < 4.78 is 8.63. The molecule has 0 bridgehead atoms. The normalized spacial score (nSPS) is 9.76. The monoisotopic (exact) mass is 242 g/mol. The highest BCUT2D eigenvalue weighted by Gasteiger charge is 2.27. The molecule has 17 heavy (non-hydrogen) atoms. The van der Waals surface area contributed by atoms with Crippen LogP contribution in [0, 0.1) is 0 Å². The minimum Gasteiger partial charge on any atom is -0.507 e. The lowest BCUT2D eigenvalue weighted by Gasteiger charge is -2.10. The Morgan fingerprint density at radius 3 is 1.59 bits per heavy atom. The van der Waals surface area contributed by atoms with Crippen LogP contribution in [0.15, 0.2) is 6.07 Å². The third-order valence-electron chi connectivity index (χ3n) is 2.04. The van der Waals surface area contributed by atoms with Gasteiger partial charge in [0, 0.05) is 6.07 Å². The van der Waals surface area contributed by atoms with Gasteiger partial charge in [0.05, 0.1) is 14.2 Å². The van der Waals surface area contributed by atoms with E-state index in [-0.39, 0.29) is 0 Å². The average Bonchev–Trinajstić information content (AvgIpc) is 2.27. The van der Waals surface area contributed by atoms with E-state index in [1.807, 2.05) is 0 Å². The molecule has 0 aliphatic carbocycles. The van der Waals surface area contributed by atoms with E-state index in [4.69, 9.17) is 0 Å². The molecule has 0 spiro atoms. The molecule has 0 aliphatic heterocycles. The number of phenolic OH excluding ortho intramolecular Hbond substituents is 3. The van der Waals surface area contributed by atoms with Gasteiger partial charge in [-0.2, -0.15) is 0 Å². The van der Waals surface area contributed by atoms with Crippen molar-refractivity contribution >= 4 is 11.9 Å². The van der Waals surface area contributed by atoms with Gasteiger partial charge in [0.2, 0.25) is 0 Å². The maximum Gasteiger partial charge on any atom is 0.345 e. The first-order valence-corrected chi connectivity index (χ1v) is 4.38. The van der Waals surface area contributed by atoms with Crippen LogP contribution in [0.5, 0.6) is 17.2 Å². The molecule has 92 valence electrons. The largest absolute Gasteiger partial charge is 0.507 e. The molecule has 0 aliphatic rings. The van der Waals surface area contributed by atoms with Gasteiger partial charge in [0.15, 0.2) is 5.75 Å². The Labute approximate surface area is 95.8 Å². The number of rotatable bonds is 2. The number of aromatic hydroxyl groups is 3. The zero-order chi connectivity index (χ0) is 13.2. The summed E-state index contributed by atoms with van der Waals surface area (Å²) in [6.45, 7) is 0. The Kier molecular flexibility index (Phi) is 3.42. The highest BCUT2D eigenvalue weighted by molar-refractivity contribution is 6.03. The molecule has 0 unspecified atom stereocenters. The molecule has 7 nitrogen and oxygen atoms in total. The first-order valence-electron chi connectivity index (χ1n) is 4.38. The number of carbonyl (C=O) groups excluding carboxylic acids is 2. The second-order valence-electron chi connectivity index (χ2n) is 3.00. The number of methoxy groups -OCH3 is 2. The number of carbonyl (C=O) groups is 2. The van der Waals surface area contributed by atoms with Crippen LogP contribution in [-0.2, 0) is 9.47 Å². The molecule has 3 N–H and O–H groups in total. The van der Waals surface area contributed by atoms with E-state index in [0.29, 0.717) is 0 Å². The van der Waals surface area contributed by atoms with Crippen molar-refractivity contribution in [3.63, 3.8) is 0 Å². The third kappa shape index (κ3) is 2.07. The van der Waals surface area contributed by atoms with Gasteiger partial charge >= 0.3 is 11.9 Å². The minimum absolute atomic E-state index is 0.620. The van der Waals surface area contributed by atoms with E-state index >= 15 is 0 Å². The number of ether oxygens (including phenoxy) is 2. The van der Waals surface area contributed by atoms with Gasteiger partial charge in [0.1, 0.15) is 22.6 Å². The van der Waals surface area contributed by atoms with Gasteiger partial charge in [0.25, 0.3) is 0 Å². The Morgan fingerprint density at radius 2 is 1.29 bits per heavy atom. The molecule has 1 rings (SSSR count). The molecule has 0 radical (unpaired) electrons. The van der Waals surface area contributed by atoms with Crippen LogP contribution in [-0.4, -0.2) is 41.5 Å². The predicted molar refractivity (Wildman–Crippen MR) is 54.1 cm³/mol. The lowest BCUT2D eigenvalue weighted by Crippen LogP contribution is -2.08. The smallest absolute Gasteiger partial charge is 0.345 e. The lowest BCUT2D eigenvalue weighted by atomic mass is 10.1. The fourth-order valence-electron chi connectivity index (χ4n) is 1.25. The summed E-state index contributed by atoms with van der Waals surface area (Å²) in [5.74, 6) is -4.42. The van der Waals surface area contributed by atoms with Crippen molar-refractivity contribution in [2.24, 2.45) is 0 Å². The van der Waals surface area contributed by atoms with Gasteiger partial charge in [-0.15, -0.1) is 0 Å². The van der Waals surface area contributed by atoms with Crippen LogP contribution in [0.2, 0.25) is 0 Å². The fourth-order valence-corrected chi connectivity index (χ4v) is 1.25. The Morgan fingerprint density at radius 1 is 0.941 bits per heavy atom. The summed E-state index contributed by atoms with van der Waals surface area (Å²) in [6, 6.07) is 0.734. The molecule has 1 aromatic carbocycles. The van der Waals surface area contributed by atoms with Crippen molar-refractivity contribution in [3.8, 4) is 17.2 Å². The second kappa shape index (κ2) is 4.60. The zero-order valence-electron chi connectivity index (χ0n) is 9.05. The Bertz CT molecular complexity index is 438. The Balaban J connectivity index is 3.54. The maximum atomic E-state index is 11.3. The Hall–Kier alpha value is -2.44. The number of hydrogen-bond donors (Lipinski definition) is 3. The molecular weight excluding hydrogens is 232 g/mol. The van der Waals surface area contributed by atoms with Crippen LogP contribution < -0.4 is 0 Å². The molecule has 1 aromatic rings. The van der Waals surface area contributed by atoms with E-state index in [1.54, 1.807) is 0 Å². The molecule has 0 heterocycles. The first-order chi connectivity index (χ1) is 7.93. The number of phenols is 3. The molecule has 0 saturated heterocycles. The van der Waals surface area contributed by atoms with Gasteiger partial charge in [-0.1, -0.05) is 0 Å². The van der Waals surface area contributed by atoms with Crippen LogP contribution in [0.3, 0.4) is 0 Å². The summed E-state index contributed by atoms with van der Waals surface area (Å²) in [5.41, 5.74) is -1.24. The van der Waals surface area contributed by atoms with Crippen LogP contribution in [0.1, 0.15) is 20.7 Å². The van der Waals surface area contributed by atoms with Crippen molar-refractivity contribution in [1.82, 2.24) is 0 Å². The van der Waals surface area contributed by atoms with E-state index in [2.05, 4.69) is 9.47 Å². The van der Waals surface area contributed by atoms with E-state index < -0.39 is 40.3 Å². The molecule has 0 amide bonds. The highest BCUT2D eigenvalue weighted by atomic mass is 16.5. The second-order valence-corrected chi connectivity index (χ2v) is 3.00. The maximum absolute atomic E-state index is 11.3. The molecule has 7 heteroatoms. The van der Waals surface area contributed by atoms with Crippen molar-refractivity contribution in [2.75, 3.05) is 14.2 Å². The SMILES string of the molecule is COC(=O)c1c(O)cc(O)c(C(=O)OC)c1O. The summed E-state index contributed by atoms with van der Waals surface area (Å²) in [4.78, 5) is 22.5. The van der Waals surface area contributed by atoms with Crippen LogP contribution >= 0.6 is 0 Å². The molecule has 0 aromatic heterocycles. The summed E-state index contributed by atoms with van der Waals surface area (Å²) in [5, 5.41) is 28.4. The highest BCUT2D eigenvalue weighted by Crippen LogP contribution is 2.37. The quantitative estimate of drug-likeness (QED) is 0.642. The molecule has 0 saturated carbocycles. The number of esters is 2. The number of benzene rings is 1. The minimum atomic E-state index is -1.05. The van der Waals surface area contributed by atoms with Gasteiger partial charge in [-0.3, -0.25) is 0 Å². The predicted octanol–water partition coefficient (Wildman–Crippen LogP) is 0.377. The van der Waals surface area contributed by atoms with E-state index in [1.165, 1.54) is 0 Å². The lowest BCUT2D eigenvalue weighted by molar-refractivity contribution is 0.0588.